The predicted molar refractivity (Wildman–Crippen MR) is 111 cm³/mol. The zero-order valence-corrected chi connectivity index (χ0v) is 18.1. The first-order chi connectivity index (χ1) is 12.4. The molecule has 2 N–H and O–H groups in total. The van der Waals surface area contributed by atoms with Gasteiger partial charge in [-0.3, -0.25) is 4.55 Å². The molecule has 5 heteroatoms. The summed E-state index contributed by atoms with van der Waals surface area (Å²) in [5.74, 6) is 0. The van der Waals surface area contributed by atoms with E-state index in [1.165, 1.54) is 44.9 Å². The summed E-state index contributed by atoms with van der Waals surface area (Å²) in [6.07, 6.45) is 17.0. The number of hydrogen-bond donors (Lipinski definition) is 2. The fourth-order valence-electron chi connectivity index (χ4n) is 3.47. The highest BCUT2D eigenvalue weighted by atomic mass is 32.2. The lowest BCUT2D eigenvalue weighted by atomic mass is 10.0. The Bertz CT molecular complexity index is 395. The van der Waals surface area contributed by atoms with Crippen LogP contribution >= 0.6 is 0 Å². The molecule has 4 nitrogen and oxygen atoms in total. The molecule has 2 atom stereocenters. The largest absolute Gasteiger partial charge is 0.393 e. The molecule has 0 spiro atoms. The molecule has 0 aliphatic carbocycles. The number of aliphatic hydroxyl groups excluding tert-OH is 1. The fraction of sp³-hybridized carbons (Fsp3) is 1.00. The van der Waals surface area contributed by atoms with E-state index in [1.807, 2.05) is 0 Å². The Morgan fingerprint density at radius 1 is 0.615 bits per heavy atom. The van der Waals surface area contributed by atoms with Gasteiger partial charge in [0.2, 0.25) is 0 Å². The van der Waals surface area contributed by atoms with Crippen LogP contribution in [0.5, 0.6) is 0 Å². The van der Waals surface area contributed by atoms with Crippen molar-refractivity contribution in [3.05, 3.63) is 0 Å². The Hall–Kier alpha value is -0.130. The molecule has 0 saturated carbocycles. The molecule has 0 aromatic rings. The van der Waals surface area contributed by atoms with E-state index in [1.54, 1.807) is 0 Å². The number of aliphatic hydroxyl groups is 1. The summed E-state index contributed by atoms with van der Waals surface area (Å²) in [4.78, 5) is 0. The molecular formula is C21H44O4S. The van der Waals surface area contributed by atoms with Crippen molar-refractivity contribution in [1.29, 1.82) is 0 Å². The van der Waals surface area contributed by atoms with Crippen LogP contribution in [0.1, 0.15) is 123 Å². The van der Waals surface area contributed by atoms with Gasteiger partial charge in [0.05, 0.1) is 11.4 Å². The lowest BCUT2D eigenvalue weighted by molar-refractivity contribution is 0.148. The van der Waals surface area contributed by atoms with Crippen molar-refractivity contribution >= 4 is 10.1 Å². The van der Waals surface area contributed by atoms with Crippen LogP contribution < -0.4 is 0 Å². The van der Waals surface area contributed by atoms with E-state index >= 15 is 0 Å². The maximum atomic E-state index is 11.6. The Labute approximate surface area is 162 Å². The molecule has 0 heterocycles. The van der Waals surface area contributed by atoms with Crippen LogP contribution in [-0.2, 0) is 10.1 Å². The molecule has 0 radical (unpaired) electrons. The number of unbranched alkanes of at least 4 members (excludes halogenated alkanes) is 10. The minimum absolute atomic E-state index is 0.339. The van der Waals surface area contributed by atoms with Gasteiger partial charge >= 0.3 is 0 Å². The average molecular weight is 393 g/mol. The van der Waals surface area contributed by atoms with E-state index in [-0.39, 0.29) is 6.10 Å². The normalized spacial score (nSPS) is 14.5. The molecule has 0 aliphatic heterocycles. The molecule has 2 unspecified atom stereocenters. The van der Waals surface area contributed by atoms with Crippen LogP contribution in [0.3, 0.4) is 0 Å². The van der Waals surface area contributed by atoms with Crippen LogP contribution in [0, 0.1) is 0 Å². The highest BCUT2D eigenvalue weighted by Gasteiger charge is 2.22. The quantitative estimate of drug-likeness (QED) is 0.200. The summed E-state index contributed by atoms with van der Waals surface area (Å²) in [6.45, 7) is 4.32. The second kappa shape index (κ2) is 17.0. The fourth-order valence-corrected chi connectivity index (χ4v) is 4.40. The molecule has 0 rings (SSSR count). The molecule has 26 heavy (non-hydrogen) atoms. The van der Waals surface area contributed by atoms with Crippen molar-refractivity contribution in [3.8, 4) is 0 Å². The second-order valence-corrected chi connectivity index (χ2v) is 9.53. The number of hydrogen-bond acceptors (Lipinski definition) is 3. The minimum atomic E-state index is -3.97. The van der Waals surface area contributed by atoms with E-state index in [0.29, 0.717) is 25.7 Å². The molecule has 0 bridgehead atoms. The van der Waals surface area contributed by atoms with Crippen molar-refractivity contribution < 1.29 is 18.1 Å². The van der Waals surface area contributed by atoms with E-state index in [4.69, 9.17) is 0 Å². The lowest BCUT2D eigenvalue weighted by Crippen LogP contribution is -2.21. The van der Waals surface area contributed by atoms with Gasteiger partial charge in [0.15, 0.2) is 0 Å². The third-order valence-corrected chi connectivity index (χ3v) is 6.57. The molecule has 0 aromatic heterocycles. The van der Waals surface area contributed by atoms with Crippen LogP contribution in [-0.4, -0.2) is 29.4 Å². The summed E-state index contributed by atoms with van der Waals surface area (Å²) in [5.41, 5.74) is 0. The molecule has 0 aromatic carbocycles. The average Bonchev–Trinajstić information content (AvgIpc) is 2.59. The number of rotatable bonds is 19. The van der Waals surface area contributed by atoms with Crippen LogP contribution in [0.25, 0.3) is 0 Å². The highest BCUT2D eigenvalue weighted by Crippen LogP contribution is 2.19. The monoisotopic (exact) mass is 392 g/mol. The minimum Gasteiger partial charge on any atom is -0.393 e. The van der Waals surface area contributed by atoms with Crippen LogP contribution in [0.2, 0.25) is 0 Å². The molecule has 158 valence electrons. The first-order valence-electron chi connectivity index (χ1n) is 11.1. The van der Waals surface area contributed by atoms with Crippen molar-refractivity contribution in [2.45, 2.75) is 134 Å². The van der Waals surface area contributed by atoms with E-state index < -0.39 is 15.4 Å². The molecule has 0 fully saturated rings. The summed E-state index contributed by atoms with van der Waals surface area (Å²) in [6, 6.07) is 0. The summed E-state index contributed by atoms with van der Waals surface area (Å²) < 4.78 is 32.6. The zero-order chi connectivity index (χ0) is 19.7. The highest BCUT2D eigenvalue weighted by molar-refractivity contribution is 7.86. The summed E-state index contributed by atoms with van der Waals surface area (Å²) in [5, 5.41) is 9.19. The van der Waals surface area contributed by atoms with E-state index in [9.17, 15) is 18.1 Å². The maximum absolute atomic E-state index is 11.6. The van der Waals surface area contributed by atoms with Gasteiger partial charge < -0.3 is 5.11 Å². The maximum Gasteiger partial charge on any atom is 0.267 e. The van der Waals surface area contributed by atoms with Gasteiger partial charge in [0.25, 0.3) is 10.1 Å². The Morgan fingerprint density at radius 2 is 1.04 bits per heavy atom. The van der Waals surface area contributed by atoms with Crippen molar-refractivity contribution in [2.24, 2.45) is 0 Å². The third-order valence-electron chi connectivity index (χ3n) is 5.26. The molecular weight excluding hydrogens is 348 g/mol. The van der Waals surface area contributed by atoms with Gasteiger partial charge in [-0.15, -0.1) is 0 Å². The van der Waals surface area contributed by atoms with Gasteiger partial charge in [-0.05, 0) is 32.1 Å². The van der Waals surface area contributed by atoms with Crippen molar-refractivity contribution in [3.63, 3.8) is 0 Å². The topological polar surface area (TPSA) is 74.6 Å². The standard InChI is InChI=1S/C21H44O4S/c1-3-5-7-8-9-10-11-12-13-14-18-21(26(23,24)25)19-15-17-20(22)16-6-4-2/h20-22H,3-19H2,1-2H3,(H,23,24,25). The summed E-state index contributed by atoms with van der Waals surface area (Å²) in [7, 11) is -3.97. The zero-order valence-electron chi connectivity index (χ0n) is 17.3. The molecule has 0 amide bonds. The third kappa shape index (κ3) is 16.1. The Morgan fingerprint density at radius 3 is 1.54 bits per heavy atom. The van der Waals surface area contributed by atoms with E-state index in [0.717, 1.165) is 38.5 Å². The summed E-state index contributed by atoms with van der Waals surface area (Å²) >= 11 is 0. The van der Waals surface area contributed by atoms with Gasteiger partial charge in [-0.1, -0.05) is 90.9 Å². The Kier molecular flexibility index (Phi) is 16.9. The predicted octanol–water partition coefficient (Wildman–Crippen LogP) is 6.28. The van der Waals surface area contributed by atoms with Gasteiger partial charge in [0, 0.05) is 0 Å². The SMILES string of the molecule is CCCCCCCCCCCCC(CCCC(O)CCCC)S(=O)(=O)O. The van der Waals surface area contributed by atoms with Gasteiger partial charge in [0.1, 0.15) is 0 Å². The van der Waals surface area contributed by atoms with Crippen molar-refractivity contribution in [2.75, 3.05) is 0 Å². The smallest absolute Gasteiger partial charge is 0.267 e. The Balaban J connectivity index is 3.79. The van der Waals surface area contributed by atoms with E-state index in [2.05, 4.69) is 13.8 Å². The van der Waals surface area contributed by atoms with Gasteiger partial charge in [-0.25, -0.2) is 0 Å². The van der Waals surface area contributed by atoms with Crippen LogP contribution in [0.15, 0.2) is 0 Å². The van der Waals surface area contributed by atoms with Crippen LogP contribution in [0.4, 0.5) is 0 Å². The van der Waals surface area contributed by atoms with Gasteiger partial charge in [-0.2, -0.15) is 8.42 Å². The molecule has 0 aliphatic rings. The second-order valence-electron chi connectivity index (χ2n) is 7.83. The lowest BCUT2D eigenvalue weighted by Gasteiger charge is -2.15. The first-order valence-corrected chi connectivity index (χ1v) is 12.6. The molecule has 0 saturated heterocycles. The first kappa shape index (κ1) is 25.9. The van der Waals surface area contributed by atoms with Crippen molar-refractivity contribution in [1.82, 2.24) is 0 Å².